The topological polar surface area (TPSA) is 89.9 Å². The van der Waals surface area contributed by atoms with E-state index in [0.717, 1.165) is 0 Å². The summed E-state index contributed by atoms with van der Waals surface area (Å²) < 4.78 is 11.0. The maximum Gasteiger partial charge on any atom is 0.334 e. The standard InChI is InChI=1S/C19H24O6/c1-8(2)17(21)24-13-6-9(3)15-12(20)7-10(4)19(15,23)16-14(13)11(5)18(22)25-16/h9-10,13-16,23H,1,5-7H2,2-4H3/t9?,10?,13-,14+,15+,16-,19-/m0/s1. The van der Waals surface area contributed by atoms with Crippen molar-refractivity contribution in [3.63, 3.8) is 0 Å². The Morgan fingerprint density at radius 3 is 2.60 bits per heavy atom. The maximum absolute atomic E-state index is 12.5. The highest BCUT2D eigenvalue weighted by atomic mass is 16.6. The van der Waals surface area contributed by atoms with Crippen LogP contribution < -0.4 is 0 Å². The second-order valence-corrected chi connectivity index (χ2v) is 7.75. The van der Waals surface area contributed by atoms with Crippen LogP contribution >= 0.6 is 0 Å². The van der Waals surface area contributed by atoms with Gasteiger partial charge in [0.25, 0.3) is 0 Å². The molecule has 0 radical (unpaired) electrons. The molecule has 0 bridgehead atoms. The van der Waals surface area contributed by atoms with Gasteiger partial charge in [0.2, 0.25) is 0 Å². The van der Waals surface area contributed by atoms with Crippen molar-refractivity contribution in [3.05, 3.63) is 24.3 Å². The van der Waals surface area contributed by atoms with Gasteiger partial charge < -0.3 is 14.6 Å². The highest BCUT2D eigenvalue weighted by molar-refractivity contribution is 5.93. The van der Waals surface area contributed by atoms with E-state index >= 15 is 0 Å². The van der Waals surface area contributed by atoms with Gasteiger partial charge in [0.05, 0.1) is 11.8 Å². The van der Waals surface area contributed by atoms with Crippen LogP contribution in [-0.2, 0) is 23.9 Å². The average Bonchev–Trinajstić information content (AvgIpc) is 2.90. The molecule has 3 fully saturated rings. The van der Waals surface area contributed by atoms with Gasteiger partial charge in [-0.3, -0.25) is 4.79 Å². The van der Waals surface area contributed by atoms with E-state index in [9.17, 15) is 19.5 Å². The maximum atomic E-state index is 12.5. The summed E-state index contributed by atoms with van der Waals surface area (Å²) in [6, 6.07) is 0. The van der Waals surface area contributed by atoms with E-state index in [1.165, 1.54) is 0 Å². The molecule has 2 aliphatic carbocycles. The second kappa shape index (κ2) is 5.80. The summed E-state index contributed by atoms with van der Waals surface area (Å²) in [5, 5.41) is 11.5. The van der Waals surface area contributed by atoms with Crippen LogP contribution in [0.25, 0.3) is 0 Å². The van der Waals surface area contributed by atoms with Crippen molar-refractivity contribution in [1.29, 1.82) is 0 Å². The number of fused-ring (bicyclic) bond motifs is 3. The zero-order chi connectivity index (χ0) is 18.7. The lowest BCUT2D eigenvalue weighted by Crippen LogP contribution is -2.54. The number of carbonyl (C=O) groups is 3. The average molecular weight is 348 g/mol. The van der Waals surface area contributed by atoms with E-state index in [-0.39, 0.29) is 35.2 Å². The summed E-state index contributed by atoms with van der Waals surface area (Å²) in [6.07, 6.45) is -1.04. The third-order valence-corrected chi connectivity index (χ3v) is 6.00. The Labute approximate surface area is 146 Å². The number of esters is 2. The lowest BCUT2D eigenvalue weighted by Gasteiger charge is -2.38. The van der Waals surface area contributed by atoms with Crippen molar-refractivity contribution in [2.45, 2.75) is 51.4 Å². The van der Waals surface area contributed by atoms with Gasteiger partial charge in [-0.25, -0.2) is 9.59 Å². The number of ketones is 1. The first-order valence-corrected chi connectivity index (χ1v) is 8.60. The van der Waals surface area contributed by atoms with Gasteiger partial charge in [-0.1, -0.05) is 27.0 Å². The van der Waals surface area contributed by atoms with Gasteiger partial charge in [0.1, 0.15) is 23.6 Å². The second-order valence-electron chi connectivity index (χ2n) is 7.75. The van der Waals surface area contributed by atoms with Gasteiger partial charge in [-0.05, 0) is 25.2 Å². The van der Waals surface area contributed by atoms with Gasteiger partial charge >= 0.3 is 11.9 Å². The monoisotopic (exact) mass is 348 g/mol. The lowest BCUT2D eigenvalue weighted by atomic mass is 9.73. The first-order valence-electron chi connectivity index (χ1n) is 8.60. The molecular formula is C19H24O6. The Morgan fingerprint density at radius 1 is 1.36 bits per heavy atom. The summed E-state index contributed by atoms with van der Waals surface area (Å²) in [4.78, 5) is 36.7. The van der Waals surface area contributed by atoms with Crippen LogP contribution in [0.4, 0.5) is 0 Å². The molecule has 0 aromatic rings. The molecule has 136 valence electrons. The summed E-state index contributed by atoms with van der Waals surface area (Å²) in [6.45, 7) is 12.6. The van der Waals surface area contributed by atoms with Gasteiger partial charge in [0.15, 0.2) is 0 Å². The van der Waals surface area contributed by atoms with E-state index in [1.54, 1.807) is 13.8 Å². The van der Waals surface area contributed by atoms with E-state index in [4.69, 9.17) is 9.47 Å². The SMILES string of the molecule is C=C(C)C(=O)O[C@H]1CC(C)[C@@H]2C(=O)CC(C)[C@@]2(O)[C@H]2OC(=O)C(=C)[C@H]12. The normalized spacial score (nSPS) is 43.1. The molecule has 3 rings (SSSR count). The Hall–Kier alpha value is -1.95. The van der Waals surface area contributed by atoms with E-state index in [0.29, 0.717) is 6.42 Å². The predicted octanol–water partition coefficient (Wildman–Crippen LogP) is 1.57. The third-order valence-electron chi connectivity index (χ3n) is 6.00. The highest BCUT2D eigenvalue weighted by Gasteiger charge is 2.67. The van der Waals surface area contributed by atoms with Crippen LogP contribution in [0.3, 0.4) is 0 Å². The molecule has 1 heterocycles. The minimum absolute atomic E-state index is 0.0401. The summed E-state index contributed by atoms with van der Waals surface area (Å²) in [7, 11) is 0. The zero-order valence-electron chi connectivity index (χ0n) is 14.8. The molecule has 1 aliphatic heterocycles. The smallest absolute Gasteiger partial charge is 0.334 e. The molecular weight excluding hydrogens is 324 g/mol. The van der Waals surface area contributed by atoms with E-state index < -0.39 is 41.6 Å². The summed E-state index contributed by atoms with van der Waals surface area (Å²) >= 11 is 0. The molecule has 0 aromatic heterocycles. The molecule has 2 unspecified atom stereocenters. The van der Waals surface area contributed by atoms with Crippen molar-refractivity contribution in [1.82, 2.24) is 0 Å². The number of ether oxygens (including phenoxy) is 2. The van der Waals surface area contributed by atoms with Crippen LogP contribution in [-0.4, -0.2) is 40.6 Å². The molecule has 7 atom stereocenters. The molecule has 1 saturated heterocycles. The molecule has 3 aliphatic rings. The number of Topliss-reactive ketones (excluding diaryl/α,β-unsaturated/α-hetero) is 1. The summed E-state index contributed by atoms with van der Waals surface area (Å²) in [5.74, 6) is -3.11. The van der Waals surface area contributed by atoms with Crippen LogP contribution in [0.15, 0.2) is 24.3 Å². The van der Waals surface area contributed by atoms with Gasteiger partial charge in [0, 0.05) is 17.6 Å². The van der Waals surface area contributed by atoms with Crippen LogP contribution in [0.2, 0.25) is 0 Å². The molecule has 2 saturated carbocycles. The van der Waals surface area contributed by atoms with E-state index in [1.807, 2.05) is 6.92 Å². The quantitative estimate of drug-likeness (QED) is 0.602. The van der Waals surface area contributed by atoms with E-state index in [2.05, 4.69) is 13.2 Å². The van der Waals surface area contributed by atoms with Crippen molar-refractivity contribution in [2.75, 3.05) is 0 Å². The molecule has 25 heavy (non-hydrogen) atoms. The fraction of sp³-hybridized carbons (Fsp3) is 0.632. The zero-order valence-corrected chi connectivity index (χ0v) is 14.8. The molecule has 0 aromatic carbocycles. The highest BCUT2D eigenvalue weighted by Crippen LogP contribution is 2.54. The molecule has 1 N–H and O–H groups in total. The molecule has 6 heteroatoms. The first-order chi connectivity index (χ1) is 11.6. The molecule has 6 nitrogen and oxygen atoms in total. The van der Waals surface area contributed by atoms with Crippen molar-refractivity contribution in [3.8, 4) is 0 Å². The van der Waals surface area contributed by atoms with Crippen molar-refractivity contribution >= 4 is 17.7 Å². The van der Waals surface area contributed by atoms with Gasteiger partial charge in [-0.15, -0.1) is 0 Å². The summed E-state index contributed by atoms with van der Waals surface area (Å²) in [5.41, 5.74) is -1.05. The number of hydrogen-bond donors (Lipinski definition) is 1. The number of aliphatic hydroxyl groups is 1. The third kappa shape index (κ3) is 2.46. The van der Waals surface area contributed by atoms with Crippen LogP contribution in [0.1, 0.15) is 33.6 Å². The minimum atomic E-state index is -1.47. The number of carbonyl (C=O) groups excluding carboxylic acids is 3. The van der Waals surface area contributed by atoms with Crippen molar-refractivity contribution < 1.29 is 29.0 Å². The Bertz CT molecular complexity index is 679. The van der Waals surface area contributed by atoms with Crippen LogP contribution in [0, 0.1) is 23.7 Å². The number of rotatable bonds is 2. The minimum Gasteiger partial charge on any atom is -0.458 e. The Kier molecular flexibility index (Phi) is 4.14. The fourth-order valence-electron chi connectivity index (χ4n) is 4.78. The molecule has 0 spiro atoms. The van der Waals surface area contributed by atoms with Crippen LogP contribution in [0.5, 0.6) is 0 Å². The Balaban J connectivity index is 2.07. The largest absolute Gasteiger partial charge is 0.458 e. The lowest BCUT2D eigenvalue weighted by molar-refractivity contribution is -0.172. The molecule has 0 amide bonds. The van der Waals surface area contributed by atoms with Gasteiger partial charge in [-0.2, -0.15) is 0 Å². The number of hydrogen-bond acceptors (Lipinski definition) is 6. The fourth-order valence-corrected chi connectivity index (χ4v) is 4.78. The first kappa shape index (κ1) is 17.9. The predicted molar refractivity (Wildman–Crippen MR) is 88.2 cm³/mol. The Morgan fingerprint density at radius 2 is 2.00 bits per heavy atom. The van der Waals surface area contributed by atoms with Crippen molar-refractivity contribution in [2.24, 2.45) is 23.7 Å².